The van der Waals surface area contributed by atoms with Crippen molar-refractivity contribution < 1.29 is 5.11 Å². The maximum Gasteiger partial charge on any atom is 0.180 e. The van der Waals surface area contributed by atoms with Gasteiger partial charge in [0.1, 0.15) is 17.1 Å². The van der Waals surface area contributed by atoms with E-state index in [9.17, 15) is 5.11 Å². The lowest BCUT2D eigenvalue weighted by molar-refractivity contribution is 0.474. The van der Waals surface area contributed by atoms with E-state index in [2.05, 4.69) is 37.3 Å². The third kappa shape index (κ3) is 4.58. The smallest absolute Gasteiger partial charge is 0.180 e. The molecule has 8 nitrogen and oxygen atoms in total. The van der Waals surface area contributed by atoms with E-state index in [0.29, 0.717) is 40.9 Å². The number of nitrogens with one attached hydrogen (secondary N) is 2. The third-order valence-electron chi connectivity index (χ3n) is 4.24. The third-order valence-corrected chi connectivity index (χ3v) is 4.49. The number of phenolic OH excluding ortho intramolecular Hbond substituents is 1. The lowest BCUT2D eigenvalue weighted by atomic mass is 10.2. The maximum atomic E-state index is 9.62. The summed E-state index contributed by atoms with van der Waals surface area (Å²) >= 11 is 5.22. The number of rotatable bonds is 6. The summed E-state index contributed by atoms with van der Waals surface area (Å²) in [6, 6.07) is 10.7. The van der Waals surface area contributed by atoms with Crippen LogP contribution in [0.1, 0.15) is 5.56 Å². The van der Waals surface area contributed by atoms with Crippen LogP contribution in [0.5, 0.6) is 5.75 Å². The van der Waals surface area contributed by atoms with E-state index < -0.39 is 0 Å². The Bertz CT molecular complexity index is 1220. The highest BCUT2D eigenvalue weighted by molar-refractivity contribution is 7.80. The molecule has 1 aromatic carbocycles. The molecule has 0 spiro atoms. The van der Waals surface area contributed by atoms with Crippen LogP contribution in [0.15, 0.2) is 67.6 Å². The Balaban J connectivity index is 1.54. The summed E-state index contributed by atoms with van der Waals surface area (Å²) < 4.78 is 1.78. The molecule has 0 fully saturated rings. The molecular formula is C21H19N7OS. The largest absolute Gasteiger partial charge is 0.508 e. The van der Waals surface area contributed by atoms with Gasteiger partial charge in [0.25, 0.3) is 0 Å². The Labute approximate surface area is 178 Å². The summed E-state index contributed by atoms with van der Waals surface area (Å²) in [4.78, 5) is 13.6. The van der Waals surface area contributed by atoms with Crippen molar-refractivity contribution in [1.82, 2.24) is 30.0 Å². The normalized spacial score (nSPS) is 10.7. The van der Waals surface area contributed by atoms with Gasteiger partial charge in [-0.1, -0.05) is 18.2 Å². The summed E-state index contributed by atoms with van der Waals surface area (Å²) in [5.41, 5.74) is 3.63. The molecule has 0 unspecified atom stereocenters. The highest BCUT2D eigenvalue weighted by Gasteiger charge is 2.08. The first kappa shape index (κ1) is 19.5. The summed E-state index contributed by atoms with van der Waals surface area (Å²) in [7, 11) is 0. The summed E-state index contributed by atoms with van der Waals surface area (Å²) in [6.07, 6.45) is 7.04. The van der Waals surface area contributed by atoms with Crippen LogP contribution in [0.4, 0.5) is 5.82 Å². The van der Waals surface area contributed by atoms with Crippen LogP contribution in [0.2, 0.25) is 0 Å². The first-order chi connectivity index (χ1) is 14.6. The van der Waals surface area contributed by atoms with E-state index in [-0.39, 0.29) is 5.75 Å². The number of hydrogen-bond donors (Lipinski definition) is 3. The number of thiocarbonyl (C=S) groups is 1. The lowest BCUT2D eigenvalue weighted by Gasteiger charge is -2.08. The second-order valence-corrected chi connectivity index (χ2v) is 6.92. The molecule has 0 aliphatic carbocycles. The van der Waals surface area contributed by atoms with Crippen molar-refractivity contribution in [3.05, 3.63) is 73.2 Å². The van der Waals surface area contributed by atoms with Crippen molar-refractivity contribution in [3.63, 3.8) is 0 Å². The van der Waals surface area contributed by atoms with Gasteiger partial charge in [0, 0.05) is 18.3 Å². The van der Waals surface area contributed by atoms with Crippen molar-refractivity contribution in [2.24, 2.45) is 0 Å². The molecule has 9 heteroatoms. The SMILES string of the molecule is C=CCNC(=S)Nc1ccc2ncc(-c3cnn(Cc4cccc(O)c4)c3)nc2n1. The van der Waals surface area contributed by atoms with Gasteiger partial charge in [-0.05, 0) is 42.0 Å². The quantitative estimate of drug-likeness (QED) is 0.325. The van der Waals surface area contributed by atoms with Gasteiger partial charge < -0.3 is 15.7 Å². The number of benzene rings is 1. The van der Waals surface area contributed by atoms with Gasteiger partial charge in [0.2, 0.25) is 0 Å². The minimum absolute atomic E-state index is 0.231. The second-order valence-electron chi connectivity index (χ2n) is 6.51. The molecule has 3 N–H and O–H groups in total. The fourth-order valence-electron chi connectivity index (χ4n) is 2.86. The van der Waals surface area contributed by atoms with Crippen LogP contribution in [-0.2, 0) is 6.54 Å². The van der Waals surface area contributed by atoms with Crippen molar-refractivity contribution in [3.8, 4) is 17.0 Å². The van der Waals surface area contributed by atoms with Gasteiger partial charge in [0.05, 0.1) is 24.6 Å². The van der Waals surface area contributed by atoms with Crippen molar-refractivity contribution in [2.75, 3.05) is 11.9 Å². The van der Waals surface area contributed by atoms with E-state index in [0.717, 1.165) is 11.1 Å². The lowest BCUT2D eigenvalue weighted by Crippen LogP contribution is -2.28. The van der Waals surface area contributed by atoms with Crippen LogP contribution in [-0.4, -0.2) is 41.5 Å². The molecule has 0 radical (unpaired) electrons. The van der Waals surface area contributed by atoms with Gasteiger partial charge >= 0.3 is 0 Å². The Morgan fingerprint density at radius 1 is 1.20 bits per heavy atom. The molecule has 4 rings (SSSR count). The van der Waals surface area contributed by atoms with Gasteiger partial charge in [-0.15, -0.1) is 6.58 Å². The average Bonchev–Trinajstić information content (AvgIpc) is 3.20. The number of hydrogen-bond acceptors (Lipinski definition) is 6. The van der Waals surface area contributed by atoms with Crippen LogP contribution >= 0.6 is 12.2 Å². The van der Waals surface area contributed by atoms with Crippen molar-refractivity contribution >= 4 is 34.3 Å². The first-order valence-electron chi connectivity index (χ1n) is 9.21. The molecule has 0 saturated heterocycles. The molecule has 4 aromatic rings. The van der Waals surface area contributed by atoms with E-state index >= 15 is 0 Å². The standard InChI is InChI=1S/C21H19N7OS/c1-2-8-22-21(30)27-19-7-6-17-20(26-19)25-18(11-23-17)15-10-24-28(13-15)12-14-4-3-5-16(29)9-14/h2-7,9-11,13,29H,1,8,12H2,(H2,22,25,26,27,30). The number of aromatic nitrogens is 5. The van der Waals surface area contributed by atoms with E-state index in [4.69, 9.17) is 12.2 Å². The number of phenols is 1. The molecule has 0 aliphatic heterocycles. The molecule has 0 atom stereocenters. The predicted octanol–water partition coefficient (Wildman–Crippen LogP) is 3.11. The number of aromatic hydroxyl groups is 1. The van der Waals surface area contributed by atoms with Crippen LogP contribution in [0.25, 0.3) is 22.4 Å². The molecule has 0 aliphatic rings. The van der Waals surface area contributed by atoms with Crippen LogP contribution in [0.3, 0.4) is 0 Å². The van der Waals surface area contributed by atoms with Crippen molar-refractivity contribution in [1.29, 1.82) is 0 Å². The zero-order valence-electron chi connectivity index (χ0n) is 16.0. The molecule has 0 saturated carbocycles. The number of pyridine rings is 1. The summed E-state index contributed by atoms with van der Waals surface area (Å²) in [5.74, 6) is 0.810. The Hall–Kier alpha value is -3.85. The monoisotopic (exact) mass is 417 g/mol. The van der Waals surface area contributed by atoms with Gasteiger partial charge in [-0.3, -0.25) is 9.67 Å². The molecule has 30 heavy (non-hydrogen) atoms. The maximum absolute atomic E-state index is 9.62. The zero-order valence-corrected chi connectivity index (χ0v) is 16.8. The minimum atomic E-state index is 0.231. The van der Waals surface area contributed by atoms with Crippen LogP contribution < -0.4 is 10.6 Å². The van der Waals surface area contributed by atoms with E-state index in [1.165, 1.54) is 0 Å². The highest BCUT2D eigenvalue weighted by atomic mass is 32.1. The average molecular weight is 417 g/mol. The number of nitrogens with zero attached hydrogens (tertiary/aromatic N) is 5. The Morgan fingerprint density at radius 2 is 2.10 bits per heavy atom. The summed E-state index contributed by atoms with van der Waals surface area (Å²) in [6.45, 7) is 4.75. The number of anilines is 1. The van der Waals surface area contributed by atoms with Gasteiger partial charge in [-0.2, -0.15) is 5.10 Å². The highest BCUT2D eigenvalue weighted by Crippen LogP contribution is 2.20. The molecular weight excluding hydrogens is 398 g/mol. The predicted molar refractivity (Wildman–Crippen MR) is 120 cm³/mol. The number of fused-ring (bicyclic) bond motifs is 1. The van der Waals surface area contributed by atoms with E-state index in [1.54, 1.807) is 47.4 Å². The zero-order chi connectivity index (χ0) is 20.9. The molecule has 3 aromatic heterocycles. The van der Waals surface area contributed by atoms with Gasteiger partial charge in [-0.25, -0.2) is 9.97 Å². The summed E-state index contributed by atoms with van der Waals surface area (Å²) in [5, 5.41) is 20.5. The molecule has 3 heterocycles. The van der Waals surface area contributed by atoms with Crippen molar-refractivity contribution in [2.45, 2.75) is 6.54 Å². The Morgan fingerprint density at radius 3 is 2.93 bits per heavy atom. The first-order valence-corrected chi connectivity index (χ1v) is 9.62. The van der Waals surface area contributed by atoms with Crippen LogP contribution in [0, 0.1) is 0 Å². The Kier molecular flexibility index (Phi) is 5.62. The van der Waals surface area contributed by atoms with E-state index in [1.807, 2.05) is 18.3 Å². The van der Waals surface area contributed by atoms with Gasteiger partial charge in [0.15, 0.2) is 10.8 Å². The minimum Gasteiger partial charge on any atom is -0.508 e. The topological polar surface area (TPSA) is 101 Å². The molecule has 150 valence electrons. The molecule has 0 bridgehead atoms. The second kappa shape index (κ2) is 8.66. The fourth-order valence-corrected chi connectivity index (χ4v) is 3.04. The fraction of sp³-hybridized carbons (Fsp3) is 0.0952. The molecule has 0 amide bonds.